The minimum atomic E-state index is -0.344. The lowest BCUT2D eigenvalue weighted by molar-refractivity contribution is -0.144. The smallest absolute Gasteiger partial charge is 0.307 e. The van der Waals surface area contributed by atoms with E-state index >= 15 is 0 Å². The third kappa shape index (κ3) is 4.93. The Hall–Kier alpha value is -0.510. The van der Waals surface area contributed by atoms with Gasteiger partial charge in [0.2, 0.25) is 0 Å². The summed E-state index contributed by atoms with van der Waals surface area (Å²) >= 11 is 1.05. The van der Waals surface area contributed by atoms with Crippen molar-refractivity contribution in [2.24, 2.45) is 5.92 Å². The highest BCUT2D eigenvalue weighted by molar-refractivity contribution is 8.13. The zero-order chi connectivity index (χ0) is 9.84. The maximum Gasteiger partial charge on any atom is 0.307 e. The van der Waals surface area contributed by atoms with Crippen LogP contribution >= 0.6 is 11.8 Å². The number of ether oxygens (including phenoxy) is 1. The van der Waals surface area contributed by atoms with E-state index in [1.807, 2.05) is 0 Å². The van der Waals surface area contributed by atoms with Gasteiger partial charge in [-0.15, -0.1) is 0 Å². The number of carbonyl (C=O) groups is 2. The predicted octanol–water partition coefficient (Wildman–Crippen LogP) is 1.96. The van der Waals surface area contributed by atoms with E-state index in [1.54, 1.807) is 6.92 Å². The fraction of sp³-hybridized carbons (Fsp3) is 0.778. The molecule has 13 heavy (non-hydrogen) atoms. The van der Waals surface area contributed by atoms with Crippen molar-refractivity contribution in [3.8, 4) is 0 Å². The van der Waals surface area contributed by atoms with Gasteiger partial charge in [-0.05, 0) is 37.4 Å². The lowest BCUT2D eigenvalue weighted by Gasteiger charge is -2.10. The van der Waals surface area contributed by atoms with E-state index in [-0.39, 0.29) is 16.5 Å². The molecule has 0 bridgehead atoms. The molecular weight excluding hydrogens is 188 g/mol. The molecule has 0 aromatic carbocycles. The molecule has 0 saturated heterocycles. The average molecular weight is 202 g/mol. The van der Waals surface area contributed by atoms with E-state index in [4.69, 9.17) is 4.74 Å². The standard InChI is InChI=1S/C9H14O3S/c1-6(10)13-7(2)12-9(11)5-8-3-4-8/h7-8H,3-5H2,1-2H3. The van der Waals surface area contributed by atoms with E-state index in [1.165, 1.54) is 6.92 Å². The molecule has 0 aromatic rings. The van der Waals surface area contributed by atoms with Gasteiger partial charge < -0.3 is 4.74 Å². The van der Waals surface area contributed by atoms with Gasteiger partial charge in [0.1, 0.15) is 0 Å². The van der Waals surface area contributed by atoms with Gasteiger partial charge in [-0.1, -0.05) is 0 Å². The molecule has 1 unspecified atom stereocenters. The lowest BCUT2D eigenvalue weighted by Crippen LogP contribution is -2.13. The predicted molar refractivity (Wildman–Crippen MR) is 51.2 cm³/mol. The number of esters is 1. The zero-order valence-corrected chi connectivity index (χ0v) is 8.73. The van der Waals surface area contributed by atoms with Crippen LogP contribution in [0.3, 0.4) is 0 Å². The van der Waals surface area contributed by atoms with Crippen LogP contribution in [0.4, 0.5) is 0 Å². The van der Waals surface area contributed by atoms with Gasteiger partial charge in [-0.2, -0.15) is 0 Å². The molecule has 4 heteroatoms. The molecule has 0 aromatic heterocycles. The number of hydrogen-bond donors (Lipinski definition) is 0. The zero-order valence-electron chi connectivity index (χ0n) is 7.91. The van der Waals surface area contributed by atoms with Crippen molar-refractivity contribution in [2.75, 3.05) is 0 Å². The fourth-order valence-corrected chi connectivity index (χ4v) is 1.67. The number of hydrogen-bond acceptors (Lipinski definition) is 4. The molecule has 1 aliphatic carbocycles. The van der Waals surface area contributed by atoms with Gasteiger partial charge in [-0.3, -0.25) is 9.59 Å². The third-order valence-corrected chi connectivity index (χ3v) is 2.54. The highest BCUT2D eigenvalue weighted by Gasteiger charge is 2.26. The van der Waals surface area contributed by atoms with Gasteiger partial charge in [0.15, 0.2) is 10.6 Å². The van der Waals surface area contributed by atoms with E-state index in [0.717, 1.165) is 24.6 Å². The van der Waals surface area contributed by atoms with Crippen LogP contribution in [-0.4, -0.2) is 16.5 Å². The Morgan fingerprint density at radius 2 is 2.15 bits per heavy atom. The van der Waals surface area contributed by atoms with Gasteiger partial charge >= 0.3 is 5.97 Å². The van der Waals surface area contributed by atoms with E-state index in [2.05, 4.69) is 0 Å². The van der Waals surface area contributed by atoms with Gasteiger partial charge in [0.05, 0.1) is 0 Å². The van der Waals surface area contributed by atoms with E-state index in [0.29, 0.717) is 12.3 Å². The van der Waals surface area contributed by atoms with Crippen molar-refractivity contribution in [3.63, 3.8) is 0 Å². The first-order chi connectivity index (χ1) is 6.08. The lowest BCUT2D eigenvalue weighted by atomic mass is 10.3. The fourth-order valence-electron chi connectivity index (χ4n) is 1.05. The molecule has 0 spiro atoms. The Kier molecular flexibility index (Phi) is 3.78. The first kappa shape index (κ1) is 10.6. The summed E-state index contributed by atoms with van der Waals surface area (Å²) in [5.74, 6) is 0.366. The second kappa shape index (κ2) is 4.65. The number of thioether (sulfide) groups is 1. The second-order valence-electron chi connectivity index (χ2n) is 3.31. The van der Waals surface area contributed by atoms with Crippen molar-refractivity contribution in [3.05, 3.63) is 0 Å². The average Bonchev–Trinajstić information content (AvgIpc) is 2.67. The molecule has 0 heterocycles. The van der Waals surface area contributed by atoms with Crippen LogP contribution in [0.25, 0.3) is 0 Å². The summed E-state index contributed by atoms with van der Waals surface area (Å²) in [5.41, 5.74) is -0.344. The third-order valence-electron chi connectivity index (χ3n) is 1.78. The van der Waals surface area contributed by atoms with Crippen LogP contribution in [-0.2, 0) is 14.3 Å². The van der Waals surface area contributed by atoms with Crippen LogP contribution in [0.5, 0.6) is 0 Å². The molecular formula is C9H14O3S. The molecule has 0 radical (unpaired) electrons. The van der Waals surface area contributed by atoms with Gasteiger partial charge in [-0.25, -0.2) is 0 Å². The Morgan fingerprint density at radius 1 is 1.54 bits per heavy atom. The van der Waals surface area contributed by atoms with E-state index < -0.39 is 0 Å². The Morgan fingerprint density at radius 3 is 2.62 bits per heavy atom. The van der Waals surface area contributed by atoms with Crippen LogP contribution < -0.4 is 0 Å². The summed E-state index contributed by atoms with van der Waals surface area (Å²) in [6.07, 6.45) is 2.80. The van der Waals surface area contributed by atoms with Gasteiger partial charge in [0.25, 0.3) is 0 Å². The minimum absolute atomic E-state index is 0.0216. The molecule has 1 aliphatic rings. The SMILES string of the molecule is CC(=O)SC(C)OC(=O)CC1CC1. The highest BCUT2D eigenvalue weighted by atomic mass is 32.2. The minimum Gasteiger partial charge on any atom is -0.451 e. The van der Waals surface area contributed by atoms with Crippen molar-refractivity contribution >= 4 is 22.8 Å². The molecule has 1 rings (SSSR count). The largest absolute Gasteiger partial charge is 0.451 e. The summed E-state index contributed by atoms with van der Waals surface area (Å²) < 4.78 is 5.02. The van der Waals surface area contributed by atoms with E-state index in [9.17, 15) is 9.59 Å². The Balaban J connectivity index is 2.13. The first-order valence-electron chi connectivity index (χ1n) is 4.44. The van der Waals surface area contributed by atoms with Crippen LogP contribution in [0, 0.1) is 5.92 Å². The molecule has 1 fully saturated rings. The topological polar surface area (TPSA) is 43.4 Å². The van der Waals surface area contributed by atoms with Crippen molar-refractivity contribution in [2.45, 2.75) is 38.5 Å². The Labute approximate surface area is 82.2 Å². The Bertz CT molecular complexity index is 211. The summed E-state index contributed by atoms with van der Waals surface area (Å²) in [4.78, 5) is 21.8. The van der Waals surface area contributed by atoms with Gasteiger partial charge in [0, 0.05) is 13.3 Å². The monoisotopic (exact) mass is 202 g/mol. The quantitative estimate of drug-likeness (QED) is 0.516. The summed E-state index contributed by atoms with van der Waals surface area (Å²) in [6.45, 7) is 3.19. The van der Waals surface area contributed by atoms with Crippen molar-refractivity contribution in [1.82, 2.24) is 0 Å². The second-order valence-corrected chi connectivity index (χ2v) is 4.79. The maximum absolute atomic E-state index is 11.1. The van der Waals surface area contributed by atoms with Crippen LogP contribution in [0.15, 0.2) is 0 Å². The highest BCUT2D eigenvalue weighted by Crippen LogP contribution is 2.32. The molecule has 1 atom stereocenters. The van der Waals surface area contributed by atoms with Crippen molar-refractivity contribution in [1.29, 1.82) is 0 Å². The molecule has 74 valence electrons. The normalized spacial score (nSPS) is 18.0. The molecule has 0 N–H and O–H groups in total. The maximum atomic E-state index is 11.1. The molecule has 0 amide bonds. The van der Waals surface area contributed by atoms with Crippen molar-refractivity contribution < 1.29 is 14.3 Å². The van der Waals surface area contributed by atoms with Crippen LogP contribution in [0.2, 0.25) is 0 Å². The summed E-state index contributed by atoms with van der Waals surface area (Å²) in [7, 11) is 0. The number of rotatable bonds is 4. The number of carbonyl (C=O) groups excluding carboxylic acids is 2. The summed E-state index contributed by atoms with van der Waals surface area (Å²) in [6, 6.07) is 0. The van der Waals surface area contributed by atoms with Crippen LogP contribution in [0.1, 0.15) is 33.1 Å². The molecule has 1 saturated carbocycles. The first-order valence-corrected chi connectivity index (χ1v) is 5.32. The molecule has 0 aliphatic heterocycles. The summed E-state index contributed by atoms with van der Waals surface area (Å²) in [5, 5.41) is -0.0216. The molecule has 3 nitrogen and oxygen atoms in total.